The van der Waals surface area contributed by atoms with Gasteiger partial charge in [-0.3, -0.25) is 4.90 Å². The molecule has 1 aromatic heterocycles. The first kappa shape index (κ1) is 12.1. The van der Waals surface area contributed by atoms with Gasteiger partial charge >= 0.3 is 0 Å². The van der Waals surface area contributed by atoms with Gasteiger partial charge in [-0.05, 0) is 13.0 Å². The molecule has 15 heavy (non-hydrogen) atoms. The van der Waals surface area contributed by atoms with Crippen molar-refractivity contribution in [2.45, 2.75) is 33.2 Å². The van der Waals surface area contributed by atoms with Crippen LogP contribution < -0.4 is 0 Å². The predicted molar refractivity (Wildman–Crippen MR) is 56.3 cm³/mol. The van der Waals surface area contributed by atoms with Crippen LogP contribution in [0.4, 0.5) is 0 Å². The molecule has 0 spiro atoms. The van der Waals surface area contributed by atoms with Crippen LogP contribution in [0.25, 0.3) is 0 Å². The summed E-state index contributed by atoms with van der Waals surface area (Å²) in [6.07, 6.45) is 1.84. The third-order valence-electron chi connectivity index (χ3n) is 2.14. The quantitative estimate of drug-likeness (QED) is 0.727. The van der Waals surface area contributed by atoms with Crippen LogP contribution in [-0.2, 0) is 13.0 Å². The second-order valence-electron chi connectivity index (χ2n) is 3.46. The molecule has 0 saturated carbocycles. The summed E-state index contributed by atoms with van der Waals surface area (Å²) in [7, 11) is 0. The molecule has 0 radical (unpaired) electrons. The van der Waals surface area contributed by atoms with Crippen molar-refractivity contribution < 1.29 is 9.63 Å². The van der Waals surface area contributed by atoms with Gasteiger partial charge in [0.2, 0.25) is 5.89 Å². The number of nitrogens with zero attached hydrogens (tertiary/aromatic N) is 3. The van der Waals surface area contributed by atoms with E-state index in [0.29, 0.717) is 19.0 Å². The standard InChI is InChI=1S/C10H19N3O2/c1-3-5-13(6-7-14)8-10-11-9(4-2)12-15-10/h14H,3-8H2,1-2H3. The summed E-state index contributed by atoms with van der Waals surface area (Å²) >= 11 is 0. The van der Waals surface area contributed by atoms with Crippen molar-refractivity contribution in [3.05, 3.63) is 11.7 Å². The van der Waals surface area contributed by atoms with E-state index in [-0.39, 0.29) is 6.61 Å². The van der Waals surface area contributed by atoms with Gasteiger partial charge in [0.05, 0.1) is 13.2 Å². The highest BCUT2D eigenvalue weighted by Crippen LogP contribution is 2.03. The topological polar surface area (TPSA) is 62.4 Å². The third kappa shape index (κ3) is 3.97. The van der Waals surface area contributed by atoms with E-state index in [1.807, 2.05) is 6.92 Å². The Hall–Kier alpha value is -0.940. The number of aromatic nitrogens is 2. The molecule has 0 unspecified atom stereocenters. The maximum absolute atomic E-state index is 8.88. The number of aryl methyl sites for hydroxylation is 1. The molecule has 5 heteroatoms. The molecule has 1 rings (SSSR count). The Morgan fingerprint density at radius 3 is 2.67 bits per heavy atom. The van der Waals surface area contributed by atoms with Crippen molar-refractivity contribution in [1.82, 2.24) is 15.0 Å². The zero-order valence-corrected chi connectivity index (χ0v) is 9.44. The Morgan fingerprint density at radius 2 is 2.13 bits per heavy atom. The molecule has 1 heterocycles. The first-order valence-corrected chi connectivity index (χ1v) is 5.44. The van der Waals surface area contributed by atoms with Gasteiger partial charge in [-0.1, -0.05) is 19.0 Å². The molecule has 0 atom stereocenters. The lowest BCUT2D eigenvalue weighted by molar-refractivity contribution is 0.174. The van der Waals surface area contributed by atoms with E-state index < -0.39 is 0 Å². The predicted octanol–water partition coefficient (Wildman–Crippen LogP) is 0.836. The number of aliphatic hydroxyl groups is 1. The second-order valence-corrected chi connectivity index (χ2v) is 3.46. The Bertz CT molecular complexity index is 269. The fourth-order valence-corrected chi connectivity index (χ4v) is 1.42. The van der Waals surface area contributed by atoms with Gasteiger partial charge in [0.15, 0.2) is 5.82 Å². The van der Waals surface area contributed by atoms with Gasteiger partial charge < -0.3 is 9.63 Å². The van der Waals surface area contributed by atoms with E-state index in [9.17, 15) is 0 Å². The third-order valence-corrected chi connectivity index (χ3v) is 2.14. The molecule has 0 saturated heterocycles. The van der Waals surface area contributed by atoms with E-state index >= 15 is 0 Å². The van der Waals surface area contributed by atoms with E-state index in [1.165, 1.54) is 0 Å². The Morgan fingerprint density at radius 1 is 1.33 bits per heavy atom. The SMILES string of the molecule is CCCN(CCO)Cc1nc(CC)no1. The lowest BCUT2D eigenvalue weighted by Crippen LogP contribution is -2.27. The fourth-order valence-electron chi connectivity index (χ4n) is 1.42. The minimum atomic E-state index is 0.161. The summed E-state index contributed by atoms with van der Waals surface area (Å²) in [5, 5.41) is 12.7. The first-order chi connectivity index (χ1) is 7.30. The van der Waals surface area contributed by atoms with Crippen LogP contribution in [0.2, 0.25) is 0 Å². The van der Waals surface area contributed by atoms with E-state index in [4.69, 9.17) is 9.63 Å². The molecule has 0 bridgehead atoms. The molecule has 1 N–H and O–H groups in total. The Kier molecular flexibility index (Phi) is 5.28. The molecule has 1 aromatic rings. The van der Waals surface area contributed by atoms with E-state index in [1.54, 1.807) is 0 Å². The number of aliphatic hydroxyl groups excluding tert-OH is 1. The van der Waals surface area contributed by atoms with Gasteiger partial charge in [-0.15, -0.1) is 0 Å². The molecular weight excluding hydrogens is 194 g/mol. The summed E-state index contributed by atoms with van der Waals surface area (Å²) < 4.78 is 5.09. The van der Waals surface area contributed by atoms with Crippen LogP contribution in [0.1, 0.15) is 32.0 Å². The Labute approximate surface area is 90.1 Å². The second kappa shape index (κ2) is 6.53. The van der Waals surface area contributed by atoms with Crippen LogP contribution in [0.5, 0.6) is 0 Å². The summed E-state index contributed by atoms with van der Waals surface area (Å²) in [4.78, 5) is 6.34. The highest BCUT2D eigenvalue weighted by atomic mass is 16.5. The van der Waals surface area contributed by atoms with Gasteiger partial charge in [0.1, 0.15) is 0 Å². The van der Waals surface area contributed by atoms with Crippen molar-refractivity contribution in [2.75, 3.05) is 19.7 Å². The molecular formula is C10H19N3O2. The van der Waals surface area contributed by atoms with Crippen LogP contribution in [0.15, 0.2) is 4.52 Å². The summed E-state index contributed by atoms with van der Waals surface area (Å²) in [6.45, 7) is 6.47. The Balaban J connectivity index is 2.48. The zero-order chi connectivity index (χ0) is 11.1. The smallest absolute Gasteiger partial charge is 0.240 e. The normalized spacial score (nSPS) is 11.2. The van der Waals surface area contributed by atoms with E-state index in [2.05, 4.69) is 22.0 Å². The van der Waals surface area contributed by atoms with Crippen molar-refractivity contribution in [2.24, 2.45) is 0 Å². The molecule has 0 aliphatic heterocycles. The first-order valence-electron chi connectivity index (χ1n) is 5.44. The largest absolute Gasteiger partial charge is 0.395 e. The summed E-state index contributed by atoms with van der Waals surface area (Å²) in [5.41, 5.74) is 0. The number of hydrogen-bond acceptors (Lipinski definition) is 5. The average Bonchev–Trinajstić information content (AvgIpc) is 2.66. The summed E-state index contributed by atoms with van der Waals surface area (Å²) in [5.74, 6) is 1.37. The van der Waals surface area contributed by atoms with Gasteiger partial charge in [-0.2, -0.15) is 4.98 Å². The maximum atomic E-state index is 8.88. The van der Waals surface area contributed by atoms with Crippen molar-refractivity contribution in [3.63, 3.8) is 0 Å². The minimum absolute atomic E-state index is 0.161. The molecule has 0 aliphatic rings. The highest BCUT2D eigenvalue weighted by Gasteiger charge is 2.10. The van der Waals surface area contributed by atoms with Crippen molar-refractivity contribution in [1.29, 1.82) is 0 Å². The monoisotopic (exact) mass is 213 g/mol. The minimum Gasteiger partial charge on any atom is -0.395 e. The van der Waals surface area contributed by atoms with Gasteiger partial charge in [0.25, 0.3) is 0 Å². The van der Waals surface area contributed by atoms with Crippen molar-refractivity contribution in [3.8, 4) is 0 Å². The molecule has 0 aromatic carbocycles. The van der Waals surface area contributed by atoms with Gasteiger partial charge in [-0.25, -0.2) is 0 Å². The zero-order valence-electron chi connectivity index (χ0n) is 9.44. The van der Waals surface area contributed by atoms with Crippen LogP contribution >= 0.6 is 0 Å². The molecule has 0 fully saturated rings. The van der Waals surface area contributed by atoms with Crippen molar-refractivity contribution >= 4 is 0 Å². The lowest BCUT2D eigenvalue weighted by Gasteiger charge is -2.17. The maximum Gasteiger partial charge on any atom is 0.240 e. The van der Waals surface area contributed by atoms with Gasteiger partial charge in [0, 0.05) is 13.0 Å². The lowest BCUT2D eigenvalue weighted by atomic mass is 10.4. The molecule has 5 nitrogen and oxygen atoms in total. The van der Waals surface area contributed by atoms with Crippen LogP contribution in [0.3, 0.4) is 0 Å². The average molecular weight is 213 g/mol. The molecule has 0 aliphatic carbocycles. The van der Waals surface area contributed by atoms with Crippen LogP contribution in [0, 0.1) is 0 Å². The van der Waals surface area contributed by atoms with E-state index in [0.717, 1.165) is 25.2 Å². The molecule has 86 valence electrons. The highest BCUT2D eigenvalue weighted by molar-refractivity contribution is 4.85. The number of rotatable bonds is 7. The number of hydrogen-bond donors (Lipinski definition) is 1. The fraction of sp³-hybridized carbons (Fsp3) is 0.800. The summed E-state index contributed by atoms with van der Waals surface area (Å²) in [6, 6.07) is 0. The van der Waals surface area contributed by atoms with Crippen LogP contribution in [-0.4, -0.2) is 39.8 Å². The molecule has 0 amide bonds.